The van der Waals surface area contributed by atoms with Crippen LogP contribution in [-0.2, 0) is 4.79 Å². The number of aliphatic hydroxyl groups excluding tert-OH is 1. The van der Waals surface area contributed by atoms with Gasteiger partial charge in [-0.3, -0.25) is 4.79 Å². The summed E-state index contributed by atoms with van der Waals surface area (Å²) in [6.45, 7) is 2.17. The SMILES string of the molecule is CCCCCCC(O)C1=CCCCC1=O. The molecule has 0 spiro atoms. The Bertz CT molecular complexity index is 231. The molecule has 0 fully saturated rings. The molecule has 0 aromatic rings. The van der Waals surface area contributed by atoms with Crippen molar-refractivity contribution in [3.63, 3.8) is 0 Å². The molecule has 0 radical (unpaired) electrons. The average molecular weight is 210 g/mol. The smallest absolute Gasteiger partial charge is 0.161 e. The fourth-order valence-electron chi connectivity index (χ4n) is 2.02. The Morgan fingerprint density at radius 3 is 2.87 bits per heavy atom. The molecular weight excluding hydrogens is 188 g/mol. The highest BCUT2D eigenvalue weighted by atomic mass is 16.3. The molecule has 0 aromatic heterocycles. The molecule has 0 heterocycles. The monoisotopic (exact) mass is 210 g/mol. The topological polar surface area (TPSA) is 37.3 Å². The Morgan fingerprint density at radius 2 is 2.20 bits per heavy atom. The van der Waals surface area contributed by atoms with E-state index in [1.165, 1.54) is 12.8 Å². The van der Waals surface area contributed by atoms with Crippen LogP contribution in [-0.4, -0.2) is 17.0 Å². The van der Waals surface area contributed by atoms with Crippen molar-refractivity contribution in [1.29, 1.82) is 0 Å². The molecule has 0 saturated heterocycles. The fourth-order valence-corrected chi connectivity index (χ4v) is 2.02. The van der Waals surface area contributed by atoms with Crippen molar-refractivity contribution < 1.29 is 9.90 Å². The second-order valence-electron chi connectivity index (χ2n) is 4.34. The Morgan fingerprint density at radius 1 is 1.40 bits per heavy atom. The first kappa shape index (κ1) is 12.4. The molecule has 1 N–H and O–H groups in total. The van der Waals surface area contributed by atoms with Crippen LogP contribution in [0.5, 0.6) is 0 Å². The summed E-state index contributed by atoms with van der Waals surface area (Å²) in [6.07, 6.45) is 9.31. The normalized spacial score (nSPS) is 18.8. The van der Waals surface area contributed by atoms with E-state index in [4.69, 9.17) is 0 Å². The zero-order chi connectivity index (χ0) is 11.1. The molecule has 1 aliphatic rings. The number of carbonyl (C=O) groups excluding carboxylic acids is 1. The summed E-state index contributed by atoms with van der Waals surface area (Å²) >= 11 is 0. The molecule has 15 heavy (non-hydrogen) atoms. The second-order valence-corrected chi connectivity index (χ2v) is 4.34. The lowest BCUT2D eigenvalue weighted by Crippen LogP contribution is -2.20. The van der Waals surface area contributed by atoms with Crippen LogP contribution in [0.15, 0.2) is 11.6 Å². The fraction of sp³-hybridized carbons (Fsp3) is 0.769. The van der Waals surface area contributed by atoms with Crippen molar-refractivity contribution in [2.75, 3.05) is 0 Å². The van der Waals surface area contributed by atoms with Gasteiger partial charge in [0.2, 0.25) is 0 Å². The van der Waals surface area contributed by atoms with E-state index in [1.807, 2.05) is 6.08 Å². The maximum absolute atomic E-state index is 11.5. The standard InChI is InChI=1S/C13H22O2/c1-2-3-4-5-9-12(14)11-8-6-7-10-13(11)15/h8,12,14H,2-7,9-10H2,1H3. The summed E-state index contributed by atoms with van der Waals surface area (Å²) in [4.78, 5) is 11.5. The number of Topliss-reactive ketones (excluding diaryl/α,β-unsaturated/α-hetero) is 1. The number of carbonyl (C=O) groups is 1. The summed E-state index contributed by atoms with van der Waals surface area (Å²) in [5, 5.41) is 9.85. The Labute approximate surface area is 92.4 Å². The summed E-state index contributed by atoms with van der Waals surface area (Å²) < 4.78 is 0. The van der Waals surface area contributed by atoms with E-state index in [-0.39, 0.29) is 5.78 Å². The van der Waals surface area contributed by atoms with Crippen molar-refractivity contribution in [2.45, 2.75) is 64.4 Å². The number of rotatable bonds is 6. The first-order valence-corrected chi connectivity index (χ1v) is 6.17. The molecule has 0 aromatic carbocycles. The van der Waals surface area contributed by atoms with Crippen LogP contribution in [0.2, 0.25) is 0 Å². The Hall–Kier alpha value is -0.630. The lowest BCUT2D eigenvalue weighted by atomic mass is 9.91. The van der Waals surface area contributed by atoms with Crippen LogP contribution in [0.4, 0.5) is 0 Å². The lowest BCUT2D eigenvalue weighted by molar-refractivity contribution is -0.117. The van der Waals surface area contributed by atoms with Gasteiger partial charge >= 0.3 is 0 Å². The van der Waals surface area contributed by atoms with Gasteiger partial charge in [0, 0.05) is 12.0 Å². The van der Waals surface area contributed by atoms with E-state index in [9.17, 15) is 9.90 Å². The largest absolute Gasteiger partial charge is 0.388 e. The van der Waals surface area contributed by atoms with Crippen molar-refractivity contribution in [3.8, 4) is 0 Å². The van der Waals surface area contributed by atoms with E-state index in [2.05, 4.69) is 6.92 Å². The highest BCUT2D eigenvalue weighted by Gasteiger charge is 2.20. The minimum absolute atomic E-state index is 0.157. The van der Waals surface area contributed by atoms with E-state index >= 15 is 0 Å². The third-order valence-electron chi connectivity index (χ3n) is 2.98. The van der Waals surface area contributed by atoms with Crippen LogP contribution in [0, 0.1) is 0 Å². The quantitative estimate of drug-likeness (QED) is 0.684. The molecular formula is C13H22O2. The van der Waals surface area contributed by atoms with Gasteiger partial charge in [-0.15, -0.1) is 0 Å². The second kappa shape index (κ2) is 6.78. The average Bonchev–Trinajstić information content (AvgIpc) is 2.25. The number of unbranched alkanes of at least 4 members (excludes halogenated alkanes) is 3. The van der Waals surface area contributed by atoms with Gasteiger partial charge < -0.3 is 5.11 Å². The highest BCUT2D eigenvalue weighted by molar-refractivity contribution is 5.96. The van der Waals surface area contributed by atoms with Gasteiger partial charge in [0.1, 0.15) is 0 Å². The summed E-state index contributed by atoms with van der Waals surface area (Å²) in [6, 6.07) is 0. The molecule has 2 nitrogen and oxygen atoms in total. The van der Waals surface area contributed by atoms with E-state index in [0.29, 0.717) is 12.0 Å². The third-order valence-corrected chi connectivity index (χ3v) is 2.98. The van der Waals surface area contributed by atoms with Crippen molar-refractivity contribution in [3.05, 3.63) is 11.6 Å². The minimum atomic E-state index is -0.505. The molecule has 86 valence electrons. The van der Waals surface area contributed by atoms with Gasteiger partial charge in [-0.25, -0.2) is 0 Å². The molecule has 1 rings (SSSR count). The van der Waals surface area contributed by atoms with Crippen molar-refractivity contribution >= 4 is 5.78 Å². The molecule has 0 saturated carbocycles. The van der Waals surface area contributed by atoms with Crippen LogP contribution in [0.25, 0.3) is 0 Å². The maximum atomic E-state index is 11.5. The van der Waals surface area contributed by atoms with Crippen molar-refractivity contribution in [2.24, 2.45) is 0 Å². The molecule has 2 heteroatoms. The Balaban J connectivity index is 2.29. The number of aliphatic hydroxyl groups is 1. The van der Waals surface area contributed by atoms with E-state index in [0.717, 1.165) is 32.1 Å². The van der Waals surface area contributed by atoms with Crippen LogP contribution < -0.4 is 0 Å². The summed E-state index contributed by atoms with van der Waals surface area (Å²) in [5.41, 5.74) is 0.678. The Kier molecular flexibility index (Phi) is 5.62. The number of allylic oxidation sites excluding steroid dienone is 1. The first-order valence-electron chi connectivity index (χ1n) is 6.17. The highest BCUT2D eigenvalue weighted by Crippen LogP contribution is 2.20. The van der Waals surface area contributed by atoms with E-state index < -0.39 is 6.10 Å². The molecule has 1 aliphatic carbocycles. The predicted octanol–water partition coefficient (Wildman–Crippen LogP) is 3.00. The predicted molar refractivity (Wildman–Crippen MR) is 61.7 cm³/mol. The summed E-state index contributed by atoms with van der Waals surface area (Å²) in [7, 11) is 0. The van der Waals surface area contributed by atoms with Gasteiger partial charge in [0.15, 0.2) is 5.78 Å². The van der Waals surface area contributed by atoms with Gasteiger partial charge in [-0.05, 0) is 19.3 Å². The lowest BCUT2D eigenvalue weighted by Gasteiger charge is -2.17. The van der Waals surface area contributed by atoms with Gasteiger partial charge in [-0.1, -0.05) is 38.7 Å². The van der Waals surface area contributed by atoms with Crippen LogP contribution in [0.3, 0.4) is 0 Å². The maximum Gasteiger partial charge on any atom is 0.161 e. The molecule has 1 unspecified atom stereocenters. The number of hydrogen-bond donors (Lipinski definition) is 1. The van der Waals surface area contributed by atoms with Gasteiger partial charge in [-0.2, -0.15) is 0 Å². The molecule has 1 atom stereocenters. The molecule has 0 aliphatic heterocycles. The van der Waals surface area contributed by atoms with E-state index in [1.54, 1.807) is 0 Å². The van der Waals surface area contributed by atoms with Gasteiger partial charge in [0.25, 0.3) is 0 Å². The zero-order valence-corrected chi connectivity index (χ0v) is 9.67. The van der Waals surface area contributed by atoms with Gasteiger partial charge in [0.05, 0.1) is 6.10 Å². The first-order chi connectivity index (χ1) is 7.25. The molecule has 0 amide bonds. The molecule has 0 bridgehead atoms. The minimum Gasteiger partial charge on any atom is -0.388 e. The third kappa shape index (κ3) is 4.17. The van der Waals surface area contributed by atoms with Crippen molar-refractivity contribution in [1.82, 2.24) is 0 Å². The number of ketones is 1. The summed E-state index contributed by atoms with van der Waals surface area (Å²) in [5.74, 6) is 0.157. The van der Waals surface area contributed by atoms with Crippen LogP contribution in [0.1, 0.15) is 58.3 Å². The zero-order valence-electron chi connectivity index (χ0n) is 9.67. The van der Waals surface area contributed by atoms with Crippen LogP contribution >= 0.6 is 0 Å². The number of hydrogen-bond acceptors (Lipinski definition) is 2.